The Balaban J connectivity index is 2.20. The number of benzene rings is 1. The van der Waals surface area contributed by atoms with Crippen LogP contribution in [-0.2, 0) is 6.42 Å². The van der Waals surface area contributed by atoms with Gasteiger partial charge in [0.2, 0.25) is 0 Å². The quantitative estimate of drug-likeness (QED) is 0.693. The van der Waals surface area contributed by atoms with Crippen molar-refractivity contribution in [2.45, 2.75) is 33.1 Å². The number of Topliss-reactive ketones (excluding diaryl/α,β-unsaturated/α-hetero) is 1. The molecule has 94 valence electrons. The second-order valence-corrected chi connectivity index (χ2v) is 5.47. The number of thiophene rings is 1. The molecule has 1 heterocycles. The summed E-state index contributed by atoms with van der Waals surface area (Å²) in [5.41, 5.74) is 2.55. The van der Waals surface area contributed by atoms with Crippen LogP contribution in [0.1, 0.15) is 41.9 Å². The van der Waals surface area contributed by atoms with E-state index in [-0.39, 0.29) is 5.78 Å². The van der Waals surface area contributed by atoms with Crippen molar-refractivity contribution in [1.29, 1.82) is 0 Å². The number of aryl methyl sites for hydroxylation is 1. The van der Waals surface area contributed by atoms with E-state index >= 15 is 0 Å². The third-order valence-corrected chi connectivity index (χ3v) is 4.18. The maximum absolute atomic E-state index is 11.8. The third kappa shape index (κ3) is 2.88. The lowest BCUT2D eigenvalue weighted by Crippen LogP contribution is -1.93. The summed E-state index contributed by atoms with van der Waals surface area (Å²) in [6.07, 6.45) is 2.62. The lowest BCUT2D eigenvalue weighted by atomic mass is 10.1. The highest BCUT2D eigenvalue weighted by Gasteiger charge is 2.09. The summed E-state index contributed by atoms with van der Waals surface area (Å²) >= 11 is 1.60. The van der Waals surface area contributed by atoms with E-state index in [2.05, 4.69) is 37.3 Å². The Morgan fingerprint density at radius 1 is 1.06 bits per heavy atom. The molecular weight excluding hydrogens is 240 g/mol. The Bertz CT molecular complexity index is 522. The minimum atomic E-state index is 0.263. The maximum Gasteiger partial charge on any atom is 0.172 e. The highest BCUT2D eigenvalue weighted by Crippen LogP contribution is 2.29. The first-order chi connectivity index (χ1) is 8.74. The van der Waals surface area contributed by atoms with E-state index in [0.29, 0.717) is 6.42 Å². The molecule has 2 aromatic rings. The van der Waals surface area contributed by atoms with Gasteiger partial charge in [0.25, 0.3) is 0 Å². The first-order valence-electron chi connectivity index (χ1n) is 6.47. The lowest BCUT2D eigenvalue weighted by molar-refractivity contribution is 0.0985. The van der Waals surface area contributed by atoms with Crippen molar-refractivity contribution in [3.8, 4) is 10.4 Å². The Kier molecular flexibility index (Phi) is 4.32. The molecule has 1 nitrogen and oxygen atoms in total. The van der Waals surface area contributed by atoms with Crippen LogP contribution in [0.2, 0.25) is 0 Å². The smallest absolute Gasteiger partial charge is 0.172 e. The van der Waals surface area contributed by atoms with Crippen molar-refractivity contribution < 1.29 is 4.79 Å². The number of ketones is 1. The van der Waals surface area contributed by atoms with E-state index in [4.69, 9.17) is 0 Å². The van der Waals surface area contributed by atoms with Crippen molar-refractivity contribution in [3.05, 3.63) is 46.8 Å². The predicted molar refractivity (Wildman–Crippen MR) is 78.4 cm³/mol. The van der Waals surface area contributed by atoms with Crippen LogP contribution in [0.4, 0.5) is 0 Å². The largest absolute Gasteiger partial charge is 0.293 e. The molecule has 0 fully saturated rings. The van der Waals surface area contributed by atoms with E-state index in [1.165, 1.54) is 16.0 Å². The molecule has 0 aliphatic heterocycles. The van der Waals surface area contributed by atoms with Gasteiger partial charge >= 0.3 is 0 Å². The van der Waals surface area contributed by atoms with Gasteiger partial charge in [-0.25, -0.2) is 0 Å². The molecular formula is C16H18OS. The molecule has 0 saturated carbocycles. The Hall–Kier alpha value is -1.41. The van der Waals surface area contributed by atoms with Gasteiger partial charge in [-0.05, 0) is 36.1 Å². The van der Waals surface area contributed by atoms with Gasteiger partial charge < -0.3 is 0 Å². The van der Waals surface area contributed by atoms with E-state index in [0.717, 1.165) is 17.7 Å². The van der Waals surface area contributed by atoms with Gasteiger partial charge in [-0.3, -0.25) is 4.79 Å². The molecule has 0 saturated heterocycles. The third-order valence-electron chi connectivity index (χ3n) is 3.00. The van der Waals surface area contributed by atoms with Crippen LogP contribution in [-0.4, -0.2) is 5.78 Å². The van der Waals surface area contributed by atoms with E-state index in [9.17, 15) is 4.79 Å². The molecule has 0 aliphatic carbocycles. The molecule has 1 aromatic heterocycles. The van der Waals surface area contributed by atoms with Crippen LogP contribution in [0.3, 0.4) is 0 Å². The van der Waals surface area contributed by atoms with Gasteiger partial charge in [0.05, 0.1) is 4.88 Å². The Labute approximate surface area is 112 Å². The van der Waals surface area contributed by atoms with Crippen molar-refractivity contribution in [2.24, 2.45) is 0 Å². The molecule has 0 aliphatic rings. The first-order valence-corrected chi connectivity index (χ1v) is 7.28. The summed E-state index contributed by atoms with van der Waals surface area (Å²) < 4.78 is 0. The molecule has 0 spiro atoms. The highest BCUT2D eigenvalue weighted by atomic mass is 32.1. The molecule has 0 atom stereocenters. The van der Waals surface area contributed by atoms with Crippen molar-refractivity contribution in [2.75, 3.05) is 0 Å². The van der Waals surface area contributed by atoms with E-state index in [1.54, 1.807) is 11.3 Å². The topological polar surface area (TPSA) is 17.1 Å². The van der Waals surface area contributed by atoms with Gasteiger partial charge in [-0.15, -0.1) is 11.3 Å². The normalized spacial score (nSPS) is 10.6. The average molecular weight is 258 g/mol. The fraction of sp³-hybridized carbons (Fsp3) is 0.312. The van der Waals surface area contributed by atoms with Crippen LogP contribution < -0.4 is 0 Å². The van der Waals surface area contributed by atoms with E-state index in [1.807, 2.05) is 13.0 Å². The van der Waals surface area contributed by atoms with Crippen LogP contribution >= 0.6 is 11.3 Å². The number of carbonyl (C=O) groups excluding carboxylic acids is 1. The molecule has 0 N–H and O–H groups in total. The van der Waals surface area contributed by atoms with E-state index < -0.39 is 0 Å². The molecule has 2 heteroatoms. The molecule has 2 rings (SSSR count). The Morgan fingerprint density at radius 3 is 2.39 bits per heavy atom. The van der Waals surface area contributed by atoms with Crippen molar-refractivity contribution in [3.63, 3.8) is 0 Å². The minimum Gasteiger partial charge on any atom is -0.293 e. The molecule has 0 bridgehead atoms. The summed E-state index contributed by atoms with van der Waals surface area (Å²) in [4.78, 5) is 13.9. The first kappa shape index (κ1) is 13.0. The fourth-order valence-corrected chi connectivity index (χ4v) is 2.88. The molecule has 0 unspecified atom stereocenters. The fourth-order valence-electron chi connectivity index (χ4n) is 1.90. The molecule has 0 amide bonds. The standard InChI is InChI=1S/C16H18OS/c1-3-5-14(17)16-11-10-15(18-16)13-8-6-12(4-2)7-9-13/h6-11H,3-5H2,1-2H3. The second kappa shape index (κ2) is 5.96. The van der Waals surface area contributed by atoms with Crippen LogP contribution in [0.15, 0.2) is 36.4 Å². The minimum absolute atomic E-state index is 0.263. The maximum atomic E-state index is 11.8. The molecule has 18 heavy (non-hydrogen) atoms. The zero-order valence-electron chi connectivity index (χ0n) is 10.9. The van der Waals surface area contributed by atoms with Gasteiger partial charge in [0, 0.05) is 11.3 Å². The summed E-state index contributed by atoms with van der Waals surface area (Å²) in [6, 6.07) is 12.6. The number of carbonyl (C=O) groups is 1. The predicted octanol–water partition coefficient (Wildman–Crippen LogP) is 4.96. The summed E-state index contributed by atoms with van der Waals surface area (Å²) in [6.45, 7) is 4.19. The number of rotatable bonds is 5. The van der Waals surface area contributed by atoms with Gasteiger partial charge in [0.15, 0.2) is 5.78 Å². The van der Waals surface area contributed by atoms with Crippen molar-refractivity contribution in [1.82, 2.24) is 0 Å². The monoisotopic (exact) mass is 258 g/mol. The van der Waals surface area contributed by atoms with Crippen LogP contribution in [0.25, 0.3) is 10.4 Å². The van der Waals surface area contributed by atoms with Gasteiger partial charge in [0.1, 0.15) is 0 Å². The molecule has 1 aromatic carbocycles. The average Bonchev–Trinajstić information content (AvgIpc) is 2.89. The zero-order valence-corrected chi connectivity index (χ0v) is 11.7. The molecule has 0 radical (unpaired) electrons. The summed E-state index contributed by atoms with van der Waals surface area (Å²) in [7, 11) is 0. The number of hydrogen-bond acceptors (Lipinski definition) is 2. The highest BCUT2D eigenvalue weighted by molar-refractivity contribution is 7.17. The van der Waals surface area contributed by atoms with Crippen LogP contribution in [0.5, 0.6) is 0 Å². The summed E-state index contributed by atoms with van der Waals surface area (Å²) in [5, 5.41) is 0. The lowest BCUT2D eigenvalue weighted by Gasteiger charge is -1.99. The summed E-state index contributed by atoms with van der Waals surface area (Å²) in [5.74, 6) is 0.263. The van der Waals surface area contributed by atoms with Gasteiger partial charge in [-0.1, -0.05) is 38.1 Å². The Morgan fingerprint density at radius 2 is 1.78 bits per heavy atom. The van der Waals surface area contributed by atoms with Gasteiger partial charge in [-0.2, -0.15) is 0 Å². The van der Waals surface area contributed by atoms with Crippen LogP contribution in [0, 0.1) is 0 Å². The zero-order chi connectivity index (χ0) is 13.0. The number of hydrogen-bond donors (Lipinski definition) is 0. The van der Waals surface area contributed by atoms with Crippen molar-refractivity contribution >= 4 is 17.1 Å². The SMILES string of the molecule is CCCC(=O)c1ccc(-c2ccc(CC)cc2)s1. The second-order valence-electron chi connectivity index (χ2n) is 4.39.